The molecule has 0 aromatic heterocycles. The second-order valence-electron chi connectivity index (χ2n) is 5.58. The summed E-state index contributed by atoms with van der Waals surface area (Å²) in [6.07, 6.45) is 9.04. The largest absolute Gasteiger partial charge is 0.444 e. The van der Waals surface area contributed by atoms with E-state index in [0.29, 0.717) is 6.29 Å². The van der Waals surface area contributed by atoms with Crippen molar-refractivity contribution in [2.45, 2.75) is 64.9 Å². The van der Waals surface area contributed by atoms with Gasteiger partial charge in [0.25, 0.3) is 0 Å². The highest BCUT2D eigenvalue weighted by Crippen LogP contribution is 2.15. The van der Waals surface area contributed by atoms with Gasteiger partial charge >= 0.3 is 6.09 Å². The Morgan fingerprint density at radius 3 is 1.65 bits per heavy atom. The summed E-state index contributed by atoms with van der Waals surface area (Å²) in [5.41, 5.74) is -0.507. The van der Waals surface area contributed by atoms with Gasteiger partial charge in [0.1, 0.15) is 11.9 Å². The predicted octanol–water partition coefficient (Wildman–Crippen LogP) is 3.31. The van der Waals surface area contributed by atoms with Gasteiger partial charge in [-0.2, -0.15) is 0 Å². The number of hydrogen-bond acceptors (Lipinski definition) is 4. The first-order valence-corrected chi connectivity index (χ1v) is 7.18. The van der Waals surface area contributed by atoms with Crippen molar-refractivity contribution >= 4 is 12.4 Å². The minimum atomic E-state index is -0.565. The Kier molecular flexibility index (Phi) is 15.2. The Bertz CT molecular complexity index is 221. The first-order chi connectivity index (χ1) is 9.37. The molecule has 5 nitrogen and oxygen atoms in total. The molecule has 1 amide bonds. The van der Waals surface area contributed by atoms with Crippen LogP contribution in [0.2, 0.25) is 0 Å². The third-order valence-corrected chi connectivity index (χ3v) is 2.23. The molecule has 0 aromatic carbocycles. The third-order valence-electron chi connectivity index (χ3n) is 2.23. The first kappa shape index (κ1) is 21.2. The molecule has 1 rings (SSSR count). The zero-order valence-corrected chi connectivity index (χ0v) is 13.7. The molecule has 120 valence electrons. The van der Waals surface area contributed by atoms with E-state index in [4.69, 9.17) is 4.74 Å². The fourth-order valence-corrected chi connectivity index (χ4v) is 1.50. The number of amides is 1. The van der Waals surface area contributed by atoms with Gasteiger partial charge in [0, 0.05) is 14.2 Å². The third kappa shape index (κ3) is 22.1. The molecule has 0 spiro atoms. The second kappa shape index (κ2) is 14.3. The van der Waals surface area contributed by atoms with Gasteiger partial charge < -0.3 is 19.6 Å². The minimum Gasteiger partial charge on any atom is -0.444 e. The first-order valence-electron chi connectivity index (χ1n) is 7.18. The zero-order chi connectivity index (χ0) is 15.9. The maximum atomic E-state index is 10.7. The van der Waals surface area contributed by atoms with Crippen LogP contribution in [0.25, 0.3) is 0 Å². The summed E-state index contributed by atoms with van der Waals surface area (Å²) in [5, 5.41) is 2.26. The molecular weight excluding hydrogens is 258 g/mol. The van der Waals surface area contributed by atoms with Gasteiger partial charge in [-0.15, -0.1) is 0 Å². The van der Waals surface area contributed by atoms with E-state index in [1.807, 2.05) is 0 Å². The van der Waals surface area contributed by atoms with Crippen molar-refractivity contribution in [3.8, 4) is 0 Å². The monoisotopic (exact) mass is 289 g/mol. The highest BCUT2D eigenvalue weighted by atomic mass is 16.6. The van der Waals surface area contributed by atoms with Crippen LogP contribution >= 0.6 is 0 Å². The van der Waals surface area contributed by atoms with Gasteiger partial charge in [0.15, 0.2) is 0 Å². The van der Waals surface area contributed by atoms with Gasteiger partial charge in [0.2, 0.25) is 0 Å². The van der Waals surface area contributed by atoms with Crippen molar-refractivity contribution in [2.24, 2.45) is 0 Å². The summed E-state index contributed by atoms with van der Waals surface area (Å²) in [5.74, 6) is 0. The SMILES string of the molecule is C1CCCCC1.CC(C)(C)OC(=O)NCC=O.COC. The molecule has 0 unspecified atom stereocenters. The lowest BCUT2D eigenvalue weighted by molar-refractivity contribution is -0.107. The summed E-state index contributed by atoms with van der Waals surface area (Å²) < 4.78 is 9.08. The molecule has 0 aliphatic heterocycles. The van der Waals surface area contributed by atoms with Crippen LogP contribution in [0.15, 0.2) is 0 Å². The molecule has 1 fully saturated rings. The van der Waals surface area contributed by atoms with Crippen LogP contribution in [0, 0.1) is 0 Å². The lowest BCUT2D eigenvalue weighted by atomic mass is 10.0. The van der Waals surface area contributed by atoms with Crippen LogP contribution in [0.1, 0.15) is 59.3 Å². The van der Waals surface area contributed by atoms with Crippen molar-refractivity contribution in [3.63, 3.8) is 0 Å². The van der Waals surface area contributed by atoms with Crippen LogP contribution in [-0.4, -0.2) is 38.7 Å². The van der Waals surface area contributed by atoms with E-state index in [-0.39, 0.29) is 6.54 Å². The Balaban J connectivity index is 0. The van der Waals surface area contributed by atoms with E-state index in [2.05, 4.69) is 10.1 Å². The molecule has 1 N–H and O–H groups in total. The summed E-state index contributed by atoms with van der Waals surface area (Å²) in [4.78, 5) is 20.5. The highest BCUT2D eigenvalue weighted by Gasteiger charge is 2.14. The zero-order valence-electron chi connectivity index (χ0n) is 13.7. The fourth-order valence-electron chi connectivity index (χ4n) is 1.50. The average molecular weight is 289 g/mol. The van der Waals surface area contributed by atoms with Gasteiger partial charge in [-0.1, -0.05) is 38.5 Å². The molecule has 0 heterocycles. The van der Waals surface area contributed by atoms with Crippen LogP contribution in [0.3, 0.4) is 0 Å². The van der Waals surface area contributed by atoms with Crippen LogP contribution < -0.4 is 5.32 Å². The smallest absolute Gasteiger partial charge is 0.408 e. The number of ether oxygens (including phenoxy) is 2. The minimum absolute atomic E-state index is 0.00505. The highest BCUT2D eigenvalue weighted by molar-refractivity contribution is 5.71. The summed E-state index contributed by atoms with van der Waals surface area (Å²) >= 11 is 0. The summed E-state index contributed by atoms with van der Waals surface area (Å²) in [6, 6.07) is 0. The molecule has 0 aromatic rings. The molecular formula is C15H31NO4. The van der Waals surface area contributed by atoms with Crippen LogP contribution in [0.4, 0.5) is 4.79 Å². The lowest BCUT2D eigenvalue weighted by Crippen LogP contribution is -2.33. The van der Waals surface area contributed by atoms with E-state index >= 15 is 0 Å². The van der Waals surface area contributed by atoms with Crippen molar-refractivity contribution < 1.29 is 19.1 Å². The quantitative estimate of drug-likeness (QED) is 0.792. The van der Waals surface area contributed by atoms with Crippen LogP contribution in [-0.2, 0) is 14.3 Å². The maximum Gasteiger partial charge on any atom is 0.408 e. The van der Waals surface area contributed by atoms with E-state index in [9.17, 15) is 9.59 Å². The molecule has 0 bridgehead atoms. The maximum absolute atomic E-state index is 10.7. The van der Waals surface area contributed by atoms with Crippen molar-refractivity contribution in [1.82, 2.24) is 5.32 Å². The molecule has 5 heteroatoms. The summed E-state index contributed by atoms with van der Waals surface area (Å²) in [6.45, 7) is 5.27. The Morgan fingerprint density at radius 2 is 1.40 bits per heavy atom. The van der Waals surface area contributed by atoms with Gasteiger partial charge in [-0.05, 0) is 20.8 Å². The Morgan fingerprint density at radius 1 is 1.05 bits per heavy atom. The number of hydrogen-bond donors (Lipinski definition) is 1. The van der Waals surface area contributed by atoms with Crippen molar-refractivity contribution in [3.05, 3.63) is 0 Å². The molecule has 0 radical (unpaired) electrons. The molecule has 1 saturated carbocycles. The number of aldehydes is 1. The van der Waals surface area contributed by atoms with Gasteiger partial charge in [-0.25, -0.2) is 4.79 Å². The van der Waals surface area contributed by atoms with E-state index < -0.39 is 11.7 Å². The second-order valence-corrected chi connectivity index (χ2v) is 5.58. The van der Waals surface area contributed by atoms with E-state index in [1.54, 1.807) is 35.0 Å². The molecule has 1 aliphatic carbocycles. The number of methoxy groups -OCH3 is 1. The molecule has 0 saturated heterocycles. The molecule has 20 heavy (non-hydrogen) atoms. The number of rotatable bonds is 2. The van der Waals surface area contributed by atoms with Gasteiger partial charge in [0.05, 0.1) is 6.54 Å². The predicted molar refractivity (Wildman–Crippen MR) is 80.9 cm³/mol. The lowest BCUT2D eigenvalue weighted by Gasteiger charge is -2.18. The topological polar surface area (TPSA) is 64.6 Å². The number of carbonyl (C=O) groups excluding carboxylic acids is 2. The summed E-state index contributed by atoms with van der Waals surface area (Å²) in [7, 11) is 3.25. The van der Waals surface area contributed by atoms with Gasteiger partial charge in [-0.3, -0.25) is 0 Å². The number of nitrogens with one attached hydrogen (secondary N) is 1. The number of carbonyl (C=O) groups is 2. The van der Waals surface area contributed by atoms with E-state index in [1.165, 1.54) is 38.5 Å². The normalized spacial score (nSPS) is 13.8. The average Bonchev–Trinajstić information content (AvgIpc) is 2.38. The Hall–Kier alpha value is -1.10. The fraction of sp³-hybridized carbons (Fsp3) is 0.867. The molecule has 0 atom stereocenters. The number of alkyl carbamates (subject to hydrolysis) is 1. The van der Waals surface area contributed by atoms with Crippen molar-refractivity contribution in [2.75, 3.05) is 20.8 Å². The van der Waals surface area contributed by atoms with Crippen LogP contribution in [0.5, 0.6) is 0 Å². The van der Waals surface area contributed by atoms with E-state index in [0.717, 1.165) is 0 Å². The van der Waals surface area contributed by atoms with Crippen molar-refractivity contribution in [1.29, 1.82) is 0 Å². The molecule has 1 aliphatic rings. The Labute approximate surface area is 123 Å². The standard InChI is InChI=1S/C7H13NO3.C6H12.C2H6O/c1-7(2,3)11-6(10)8-4-5-9;1-2-4-6-5-3-1;1-3-2/h5H,4H2,1-3H3,(H,8,10);1-6H2;1-2H3.